The first-order valence-electron chi connectivity index (χ1n) is 7.77. The summed E-state index contributed by atoms with van der Waals surface area (Å²) in [5, 5.41) is 5.72. The summed E-state index contributed by atoms with van der Waals surface area (Å²) < 4.78 is 5.13. The standard InChI is InChI=1S/C16H27N5O2.HI/c1-16(2,3)23-15(22)21-11-6-10-19-14(17)20-12-8-13-7-4-5-9-18-13;/h4-5,7,9H,6,8,10-12H2,1-3H3,(H,21,22)(H3,17,19,20);1H. The summed E-state index contributed by atoms with van der Waals surface area (Å²) in [6.07, 6.45) is 2.84. The van der Waals surface area contributed by atoms with Crippen molar-refractivity contribution in [1.82, 2.24) is 15.6 Å². The predicted molar refractivity (Wildman–Crippen MR) is 107 cm³/mol. The third-order valence-electron chi connectivity index (χ3n) is 2.70. The fourth-order valence-corrected chi connectivity index (χ4v) is 1.70. The first kappa shape index (κ1) is 22.4. The van der Waals surface area contributed by atoms with Crippen molar-refractivity contribution in [3.63, 3.8) is 0 Å². The Morgan fingerprint density at radius 2 is 2.04 bits per heavy atom. The molecule has 0 saturated carbocycles. The van der Waals surface area contributed by atoms with Crippen molar-refractivity contribution >= 4 is 36.0 Å². The van der Waals surface area contributed by atoms with Gasteiger partial charge in [-0.2, -0.15) is 0 Å². The molecule has 136 valence electrons. The second-order valence-corrected chi connectivity index (χ2v) is 6.05. The zero-order valence-electron chi connectivity index (χ0n) is 14.5. The highest BCUT2D eigenvalue weighted by atomic mass is 127. The largest absolute Gasteiger partial charge is 0.444 e. The SMILES string of the molecule is CC(C)(C)OC(=O)NCCCN=C(N)NCCc1ccccn1.I. The smallest absolute Gasteiger partial charge is 0.407 e. The van der Waals surface area contributed by atoms with Gasteiger partial charge in [0.25, 0.3) is 0 Å². The molecule has 1 amide bonds. The summed E-state index contributed by atoms with van der Waals surface area (Å²) in [5.41, 5.74) is 6.30. The van der Waals surface area contributed by atoms with Crippen molar-refractivity contribution in [1.29, 1.82) is 0 Å². The van der Waals surface area contributed by atoms with Crippen LogP contribution < -0.4 is 16.4 Å². The number of aromatic nitrogens is 1. The molecule has 0 atom stereocenters. The second-order valence-electron chi connectivity index (χ2n) is 6.05. The molecule has 0 radical (unpaired) electrons. The first-order valence-corrected chi connectivity index (χ1v) is 7.77. The number of aliphatic imine (C=N–C) groups is 1. The molecule has 7 nitrogen and oxygen atoms in total. The summed E-state index contributed by atoms with van der Waals surface area (Å²) >= 11 is 0. The number of hydrogen-bond donors (Lipinski definition) is 3. The second kappa shape index (κ2) is 11.9. The summed E-state index contributed by atoms with van der Waals surface area (Å²) in [5.74, 6) is 0.401. The highest BCUT2D eigenvalue weighted by Crippen LogP contribution is 2.06. The number of hydrogen-bond acceptors (Lipinski definition) is 4. The van der Waals surface area contributed by atoms with Crippen LogP contribution in [-0.2, 0) is 11.2 Å². The van der Waals surface area contributed by atoms with E-state index >= 15 is 0 Å². The van der Waals surface area contributed by atoms with Gasteiger partial charge in [-0.1, -0.05) is 6.07 Å². The normalized spacial score (nSPS) is 11.4. The molecule has 1 aromatic rings. The van der Waals surface area contributed by atoms with Crippen LogP contribution in [0.3, 0.4) is 0 Å². The van der Waals surface area contributed by atoms with E-state index in [2.05, 4.69) is 20.6 Å². The number of carbonyl (C=O) groups excluding carboxylic acids is 1. The van der Waals surface area contributed by atoms with Gasteiger partial charge in [0.2, 0.25) is 0 Å². The number of amides is 1. The van der Waals surface area contributed by atoms with Gasteiger partial charge in [-0.05, 0) is 39.3 Å². The molecule has 4 N–H and O–H groups in total. The van der Waals surface area contributed by atoms with Crippen molar-refractivity contribution < 1.29 is 9.53 Å². The lowest BCUT2D eigenvalue weighted by Gasteiger charge is -2.19. The number of alkyl carbamates (subject to hydrolysis) is 1. The quantitative estimate of drug-likeness (QED) is 0.256. The monoisotopic (exact) mass is 449 g/mol. The number of pyridine rings is 1. The first-order chi connectivity index (χ1) is 10.9. The molecule has 0 aliphatic carbocycles. The van der Waals surface area contributed by atoms with Crippen molar-refractivity contribution in [2.75, 3.05) is 19.6 Å². The lowest BCUT2D eigenvalue weighted by atomic mass is 10.2. The number of nitrogens with one attached hydrogen (secondary N) is 2. The predicted octanol–water partition coefficient (Wildman–Crippen LogP) is 2.06. The number of rotatable bonds is 7. The van der Waals surface area contributed by atoms with Gasteiger partial charge in [-0.15, -0.1) is 24.0 Å². The molecular weight excluding hydrogens is 421 g/mol. The minimum Gasteiger partial charge on any atom is -0.444 e. The van der Waals surface area contributed by atoms with E-state index in [0.717, 1.165) is 12.1 Å². The Labute approximate surface area is 160 Å². The lowest BCUT2D eigenvalue weighted by molar-refractivity contribution is 0.0527. The molecule has 0 saturated heterocycles. The Morgan fingerprint density at radius 1 is 1.29 bits per heavy atom. The maximum Gasteiger partial charge on any atom is 0.407 e. The number of carbonyl (C=O) groups is 1. The average Bonchev–Trinajstić information content (AvgIpc) is 2.46. The third kappa shape index (κ3) is 11.9. The van der Waals surface area contributed by atoms with Crippen LogP contribution in [0.25, 0.3) is 0 Å². The molecule has 0 bridgehead atoms. The molecule has 0 aromatic carbocycles. The highest BCUT2D eigenvalue weighted by molar-refractivity contribution is 14.0. The zero-order chi connectivity index (χ0) is 17.1. The zero-order valence-corrected chi connectivity index (χ0v) is 16.9. The van der Waals surface area contributed by atoms with Gasteiger partial charge < -0.3 is 21.1 Å². The number of ether oxygens (including phenoxy) is 1. The van der Waals surface area contributed by atoms with Crippen molar-refractivity contribution in [2.45, 2.75) is 39.2 Å². The van der Waals surface area contributed by atoms with Crippen LogP contribution in [0.5, 0.6) is 0 Å². The maximum absolute atomic E-state index is 11.4. The minimum absolute atomic E-state index is 0. The van der Waals surface area contributed by atoms with Gasteiger partial charge in [0.1, 0.15) is 5.60 Å². The van der Waals surface area contributed by atoms with Gasteiger partial charge in [-0.3, -0.25) is 9.98 Å². The molecule has 0 unspecified atom stereocenters. The van der Waals surface area contributed by atoms with E-state index in [0.29, 0.717) is 32.0 Å². The topological polar surface area (TPSA) is 102 Å². The van der Waals surface area contributed by atoms with E-state index in [4.69, 9.17) is 10.5 Å². The Hall–Kier alpha value is -1.58. The molecule has 0 aliphatic rings. The number of guanidine groups is 1. The van der Waals surface area contributed by atoms with Crippen LogP contribution >= 0.6 is 24.0 Å². The third-order valence-corrected chi connectivity index (χ3v) is 2.70. The van der Waals surface area contributed by atoms with Gasteiger partial charge in [0, 0.05) is 37.9 Å². The summed E-state index contributed by atoms with van der Waals surface area (Å²) in [6.45, 7) is 7.21. The lowest BCUT2D eigenvalue weighted by Crippen LogP contribution is -2.34. The Balaban J connectivity index is 0.00000529. The van der Waals surface area contributed by atoms with Crippen LogP contribution in [-0.4, -0.2) is 42.3 Å². The van der Waals surface area contributed by atoms with Crippen LogP contribution in [0.1, 0.15) is 32.9 Å². The Bertz CT molecular complexity index is 503. The van der Waals surface area contributed by atoms with Crippen molar-refractivity contribution in [2.24, 2.45) is 10.7 Å². The van der Waals surface area contributed by atoms with Crippen LogP contribution in [0.2, 0.25) is 0 Å². The summed E-state index contributed by atoms with van der Waals surface area (Å²) in [7, 11) is 0. The maximum atomic E-state index is 11.4. The van der Waals surface area contributed by atoms with Crippen LogP contribution in [0.4, 0.5) is 4.79 Å². The van der Waals surface area contributed by atoms with Crippen LogP contribution in [0, 0.1) is 0 Å². The van der Waals surface area contributed by atoms with Gasteiger partial charge in [-0.25, -0.2) is 4.79 Å². The number of nitrogens with two attached hydrogens (primary N) is 1. The van der Waals surface area contributed by atoms with Gasteiger partial charge in [0.15, 0.2) is 5.96 Å². The van der Waals surface area contributed by atoms with Crippen molar-refractivity contribution in [3.8, 4) is 0 Å². The van der Waals surface area contributed by atoms with E-state index in [-0.39, 0.29) is 24.0 Å². The number of nitrogens with zero attached hydrogens (tertiary/aromatic N) is 2. The summed E-state index contributed by atoms with van der Waals surface area (Å²) in [6, 6.07) is 5.81. The summed E-state index contributed by atoms with van der Waals surface area (Å²) in [4.78, 5) is 19.8. The molecule has 0 aliphatic heterocycles. The van der Waals surface area contributed by atoms with E-state index in [9.17, 15) is 4.79 Å². The molecule has 0 spiro atoms. The van der Waals surface area contributed by atoms with E-state index < -0.39 is 11.7 Å². The van der Waals surface area contributed by atoms with Crippen LogP contribution in [0.15, 0.2) is 29.4 Å². The minimum atomic E-state index is -0.482. The molecule has 0 fully saturated rings. The molecular formula is C16H28IN5O2. The van der Waals surface area contributed by atoms with E-state index in [1.165, 1.54) is 0 Å². The fourth-order valence-electron chi connectivity index (χ4n) is 1.70. The number of halogens is 1. The fraction of sp³-hybridized carbons (Fsp3) is 0.562. The average molecular weight is 449 g/mol. The Morgan fingerprint density at radius 3 is 2.67 bits per heavy atom. The molecule has 24 heavy (non-hydrogen) atoms. The molecule has 1 heterocycles. The highest BCUT2D eigenvalue weighted by Gasteiger charge is 2.15. The molecule has 1 rings (SSSR count). The van der Waals surface area contributed by atoms with E-state index in [1.54, 1.807) is 6.20 Å². The van der Waals surface area contributed by atoms with Gasteiger partial charge in [0.05, 0.1) is 0 Å². The van der Waals surface area contributed by atoms with E-state index in [1.807, 2.05) is 39.0 Å². The molecule has 8 heteroatoms. The Kier molecular flexibility index (Phi) is 11.1. The van der Waals surface area contributed by atoms with Gasteiger partial charge >= 0.3 is 6.09 Å². The molecule has 1 aromatic heterocycles. The van der Waals surface area contributed by atoms with Crippen molar-refractivity contribution in [3.05, 3.63) is 30.1 Å².